The minimum atomic E-state index is -0.401. The zero-order valence-electron chi connectivity index (χ0n) is 15.9. The lowest BCUT2D eigenvalue weighted by Crippen LogP contribution is -2.55. The van der Waals surface area contributed by atoms with Gasteiger partial charge in [0, 0.05) is 12.2 Å². The van der Waals surface area contributed by atoms with E-state index in [1.807, 2.05) is 0 Å². The molecule has 4 amide bonds. The van der Waals surface area contributed by atoms with Gasteiger partial charge in [-0.15, -0.1) is 0 Å². The van der Waals surface area contributed by atoms with E-state index in [1.54, 1.807) is 12.1 Å². The van der Waals surface area contributed by atoms with E-state index in [-0.39, 0.29) is 36.3 Å². The van der Waals surface area contributed by atoms with Crippen molar-refractivity contribution in [1.29, 1.82) is 0 Å². The van der Waals surface area contributed by atoms with Gasteiger partial charge in [0.2, 0.25) is 0 Å². The van der Waals surface area contributed by atoms with E-state index >= 15 is 0 Å². The summed E-state index contributed by atoms with van der Waals surface area (Å²) < 4.78 is 25.9. The zero-order valence-corrected chi connectivity index (χ0v) is 15.9. The van der Waals surface area contributed by atoms with E-state index in [0.29, 0.717) is 5.69 Å². The Hall–Kier alpha value is -3.16. The highest BCUT2D eigenvalue weighted by atomic mass is 19.1. The van der Waals surface area contributed by atoms with E-state index in [9.17, 15) is 18.4 Å². The van der Waals surface area contributed by atoms with Gasteiger partial charge < -0.3 is 21.3 Å². The van der Waals surface area contributed by atoms with Crippen LogP contribution in [0.3, 0.4) is 0 Å². The van der Waals surface area contributed by atoms with Gasteiger partial charge in [-0.1, -0.05) is 25.0 Å². The second kappa shape index (κ2) is 9.86. The van der Waals surface area contributed by atoms with Crippen LogP contribution in [-0.4, -0.2) is 24.1 Å². The number of amides is 4. The third kappa shape index (κ3) is 6.44. The second-order valence-electron chi connectivity index (χ2n) is 7.06. The Labute approximate surface area is 168 Å². The van der Waals surface area contributed by atoms with Crippen LogP contribution in [0.15, 0.2) is 48.5 Å². The van der Waals surface area contributed by atoms with Gasteiger partial charge in [0.25, 0.3) is 0 Å². The third-order valence-electron chi connectivity index (χ3n) is 4.87. The van der Waals surface area contributed by atoms with Crippen LogP contribution >= 0.6 is 0 Å². The highest BCUT2D eigenvalue weighted by molar-refractivity contribution is 5.89. The molecule has 0 aliphatic heterocycles. The van der Waals surface area contributed by atoms with Gasteiger partial charge >= 0.3 is 12.1 Å². The predicted octanol–water partition coefficient (Wildman–Crippen LogP) is 3.90. The fourth-order valence-corrected chi connectivity index (χ4v) is 3.35. The van der Waals surface area contributed by atoms with Crippen molar-refractivity contribution in [1.82, 2.24) is 16.0 Å². The highest BCUT2D eigenvalue weighted by Gasteiger charge is 2.27. The summed E-state index contributed by atoms with van der Waals surface area (Å²) in [4.78, 5) is 24.5. The normalized spacial score (nSPS) is 18.6. The van der Waals surface area contributed by atoms with Crippen LogP contribution in [0.1, 0.15) is 31.2 Å². The van der Waals surface area contributed by atoms with Crippen molar-refractivity contribution < 1.29 is 18.4 Å². The summed E-state index contributed by atoms with van der Waals surface area (Å²) in [6, 6.07) is 10.3. The summed E-state index contributed by atoms with van der Waals surface area (Å²) >= 11 is 0. The Morgan fingerprint density at radius 1 is 0.793 bits per heavy atom. The van der Waals surface area contributed by atoms with Crippen LogP contribution in [0.25, 0.3) is 0 Å². The maximum atomic E-state index is 13.0. The molecule has 154 valence electrons. The summed E-state index contributed by atoms with van der Waals surface area (Å²) in [5, 5.41) is 11.2. The molecule has 4 N–H and O–H groups in total. The molecule has 0 heterocycles. The number of carbonyl (C=O) groups is 2. The van der Waals surface area contributed by atoms with Crippen molar-refractivity contribution in [3.8, 4) is 0 Å². The molecule has 3 rings (SSSR count). The number of hydrogen-bond donors (Lipinski definition) is 4. The molecule has 0 spiro atoms. The van der Waals surface area contributed by atoms with Crippen LogP contribution in [0, 0.1) is 11.6 Å². The number of halogens is 2. The van der Waals surface area contributed by atoms with E-state index in [0.717, 1.165) is 31.2 Å². The van der Waals surface area contributed by atoms with Crippen LogP contribution in [0.2, 0.25) is 0 Å². The van der Waals surface area contributed by atoms with Crippen molar-refractivity contribution >= 4 is 17.7 Å². The Bertz CT molecular complexity index is 828. The van der Waals surface area contributed by atoms with E-state index in [2.05, 4.69) is 21.3 Å². The van der Waals surface area contributed by atoms with Gasteiger partial charge in [-0.2, -0.15) is 0 Å². The van der Waals surface area contributed by atoms with Crippen molar-refractivity contribution in [3.63, 3.8) is 0 Å². The molecule has 2 aromatic carbocycles. The standard InChI is InChI=1S/C21H24F2N4O2/c22-15-7-5-14(6-8-15)13-24-20(28)26-18-3-1-2-4-19(18)27-21(29)25-17-11-9-16(23)10-12-17/h5-12,18-19H,1-4,13H2,(H2,24,26,28)(H2,25,27,29). The lowest BCUT2D eigenvalue weighted by molar-refractivity contribution is 0.218. The fourth-order valence-electron chi connectivity index (χ4n) is 3.35. The van der Waals surface area contributed by atoms with E-state index in [1.165, 1.54) is 36.4 Å². The molecule has 1 saturated carbocycles. The average Bonchev–Trinajstić information content (AvgIpc) is 2.71. The third-order valence-corrected chi connectivity index (χ3v) is 4.87. The van der Waals surface area contributed by atoms with Crippen molar-refractivity contribution in [2.24, 2.45) is 0 Å². The number of hydrogen-bond acceptors (Lipinski definition) is 2. The zero-order chi connectivity index (χ0) is 20.6. The summed E-state index contributed by atoms with van der Waals surface area (Å²) in [5.74, 6) is -0.701. The molecule has 29 heavy (non-hydrogen) atoms. The summed E-state index contributed by atoms with van der Waals surface area (Å²) in [5.41, 5.74) is 1.28. The Kier molecular flexibility index (Phi) is 6.99. The molecular weight excluding hydrogens is 378 g/mol. The van der Waals surface area contributed by atoms with E-state index in [4.69, 9.17) is 0 Å². The average molecular weight is 402 g/mol. The van der Waals surface area contributed by atoms with Gasteiger partial charge in [0.15, 0.2) is 0 Å². The molecular formula is C21H24F2N4O2. The van der Waals surface area contributed by atoms with Crippen molar-refractivity contribution in [3.05, 3.63) is 65.7 Å². The number of urea groups is 2. The quantitative estimate of drug-likeness (QED) is 0.612. The monoisotopic (exact) mass is 402 g/mol. The Balaban J connectivity index is 1.49. The molecule has 1 aliphatic rings. The molecule has 0 bridgehead atoms. The minimum Gasteiger partial charge on any atom is -0.334 e. The molecule has 1 aliphatic carbocycles. The van der Waals surface area contributed by atoms with Crippen LogP contribution in [0.4, 0.5) is 24.1 Å². The maximum Gasteiger partial charge on any atom is 0.319 e. The first-order chi connectivity index (χ1) is 14.0. The first-order valence-corrected chi connectivity index (χ1v) is 9.61. The lowest BCUT2D eigenvalue weighted by atomic mass is 9.90. The fraction of sp³-hybridized carbons (Fsp3) is 0.333. The predicted molar refractivity (Wildman–Crippen MR) is 106 cm³/mol. The molecule has 0 saturated heterocycles. The topological polar surface area (TPSA) is 82.3 Å². The van der Waals surface area contributed by atoms with Crippen molar-refractivity contribution in [2.75, 3.05) is 5.32 Å². The highest BCUT2D eigenvalue weighted by Crippen LogP contribution is 2.19. The maximum absolute atomic E-state index is 13.0. The number of rotatable bonds is 5. The molecule has 2 unspecified atom stereocenters. The summed E-state index contributed by atoms with van der Waals surface area (Å²) in [7, 11) is 0. The summed E-state index contributed by atoms with van der Waals surface area (Å²) in [6.45, 7) is 0.280. The SMILES string of the molecule is O=C(NCc1ccc(F)cc1)NC1CCCCC1NC(=O)Nc1ccc(F)cc1. The first-order valence-electron chi connectivity index (χ1n) is 9.61. The van der Waals surface area contributed by atoms with Gasteiger partial charge in [-0.05, 0) is 54.8 Å². The number of nitrogens with one attached hydrogen (secondary N) is 4. The molecule has 1 fully saturated rings. The van der Waals surface area contributed by atoms with Crippen molar-refractivity contribution in [2.45, 2.75) is 44.3 Å². The van der Waals surface area contributed by atoms with Gasteiger partial charge in [0.1, 0.15) is 11.6 Å². The molecule has 8 heteroatoms. The van der Waals surface area contributed by atoms with Gasteiger partial charge in [-0.3, -0.25) is 0 Å². The molecule has 2 aromatic rings. The van der Waals surface area contributed by atoms with Crippen LogP contribution in [-0.2, 0) is 6.54 Å². The number of anilines is 1. The van der Waals surface area contributed by atoms with Gasteiger partial charge in [0.05, 0.1) is 12.1 Å². The first kappa shape index (κ1) is 20.6. The number of carbonyl (C=O) groups excluding carboxylic acids is 2. The minimum absolute atomic E-state index is 0.198. The molecule has 0 radical (unpaired) electrons. The largest absolute Gasteiger partial charge is 0.334 e. The Morgan fingerprint density at radius 2 is 1.31 bits per heavy atom. The molecule has 2 atom stereocenters. The summed E-state index contributed by atoms with van der Waals surface area (Å²) in [6.07, 6.45) is 3.42. The second-order valence-corrected chi connectivity index (χ2v) is 7.06. The van der Waals surface area contributed by atoms with Crippen LogP contribution in [0.5, 0.6) is 0 Å². The van der Waals surface area contributed by atoms with Gasteiger partial charge in [-0.25, -0.2) is 18.4 Å². The van der Waals surface area contributed by atoms with E-state index < -0.39 is 6.03 Å². The molecule has 6 nitrogen and oxygen atoms in total. The lowest BCUT2D eigenvalue weighted by Gasteiger charge is -2.32. The number of benzene rings is 2. The smallest absolute Gasteiger partial charge is 0.319 e. The Morgan fingerprint density at radius 3 is 1.90 bits per heavy atom. The molecule has 0 aromatic heterocycles. The van der Waals surface area contributed by atoms with Crippen LogP contribution < -0.4 is 21.3 Å².